The molecule has 0 fully saturated rings. The van der Waals surface area contributed by atoms with Crippen molar-refractivity contribution in [3.8, 4) is 5.75 Å². The van der Waals surface area contributed by atoms with Crippen molar-refractivity contribution in [2.45, 2.75) is 26.2 Å². The maximum absolute atomic E-state index is 13.0. The maximum Gasteiger partial charge on any atom is 0.305 e. The van der Waals surface area contributed by atoms with E-state index >= 15 is 0 Å². The number of nitrogens with one attached hydrogen (secondary N) is 3. The fourth-order valence-corrected chi connectivity index (χ4v) is 3.67. The Hall–Kier alpha value is -4.47. The number of fused-ring (bicyclic) bond motifs is 1. The molecule has 2 aromatic carbocycles. The van der Waals surface area contributed by atoms with Crippen LogP contribution in [0.5, 0.6) is 5.75 Å². The van der Waals surface area contributed by atoms with Crippen LogP contribution in [0.3, 0.4) is 0 Å². The lowest BCUT2D eigenvalue weighted by atomic mass is 9.93. The number of rotatable bonds is 6. The molecule has 0 aliphatic heterocycles. The fraction of sp³-hybridized carbons (Fsp3) is 0.200. The zero-order chi connectivity index (χ0) is 24.8. The van der Waals surface area contributed by atoms with Crippen LogP contribution in [0.4, 0.5) is 4.39 Å². The zero-order valence-corrected chi connectivity index (χ0v) is 18.9. The first-order chi connectivity index (χ1) is 16.9. The number of hydrazone groups is 1. The van der Waals surface area contributed by atoms with Gasteiger partial charge in [0.15, 0.2) is 12.4 Å². The number of furan rings is 1. The summed E-state index contributed by atoms with van der Waals surface area (Å²) in [4.78, 5) is 37.0. The Morgan fingerprint density at radius 2 is 1.71 bits per heavy atom. The third-order valence-corrected chi connectivity index (χ3v) is 5.36. The van der Waals surface area contributed by atoms with Gasteiger partial charge in [-0.25, -0.2) is 9.82 Å². The fourth-order valence-electron chi connectivity index (χ4n) is 3.67. The summed E-state index contributed by atoms with van der Waals surface area (Å²) >= 11 is 0. The molecule has 0 unspecified atom stereocenters. The molecule has 0 bridgehead atoms. The first-order valence-corrected chi connectivity index (χ1v) is 10.9. The van der Waals surface area contributed by atoms with E-state index < -0.39 is 23.5 Å². The summed E-state index contributed by atoms with van der Waals surface area (Å²) < 4.78 is 24.2. The highest BCUT2D eigenvalue weighted by molar-refractivity contribution is 6.07. The van der Waals surface area contributed by atoms with Gasteiger partial charge in [0.2, 0.25) is 0 Å². The molecule has 0 spiro atoms. The van der Waals surface area contributed by atoms with Crippen molar-refractivity contribution < 1.29 is 27.9 Å². The number of para-hydroxylation sites is 1. The first kappa shape index (κ1) is 23.7. The predicted molar refractivity (Wildman–Crippen MR) is 124 cm³/mol. The Balaban J connectivity index is 1.40. The van der Waals surface area contributed by atoms with E-state index in [1.54, 1.807) is 31.2 Å². The Bertz CT molecular complexity index is 1270. The summed E-state index contributed by atoms with van der Waals surface area (Å²) in [5, 5.41) is 4.24. The number of halogens is 1. The summed E-state index contributed by atoms with van der Waals surface area (Å²) in [6, 6.07) is 13.9. The van der Waals surface area contributed by atoms with Gasteiger partial charge in [0.25, 0.3) is 11.8 Å². The normalized spacial score (nSPS) is 13.6. The number of benzene rings is 2. The van der Waals surface area contributed by atoms with Gasteiger partial charge in [-0.15, -0.1) is 0 Å². The van der Waals surface area contributed by atoms with Crippen LogP contribution >= 0.6 is 0 Å². The van der Waals surface area contributed by atoms with Crippen molar-refractivity contribution in [1.29, 1.82) is 0 Å². The number of carbonyl (C=O) groups excluding carboxylic acids is 3. The number of carbonyl (C=O) groups is 3. The van der Waals surface area contributed by atoms with E-state index in [1.165, 1.54) is 12.1 Å². The van der Waals surface area contributed by atoms with Crippen LogP contribution < -0.4 is 21.0 Å². The van der Waals surface area contributed by atoms with Crippen molar-refractivity contribution in [3.63, 3.8) is 0 Å². The minimum absolute atomic E-state index is 0.0303. The van der Waals surface area contributed by atoms with E-state index in [0.29, 0.717) is 41.2 Å². The third kappa shape index (κ3) is 5.72. The standard InChI is InChI=1S/C25H23FN4O5/c1-15-22-19(27-28-21(31)14-34-18-6-3-2-4-7-18)8-5-9-20(22)35-23(15)25(33)30-29-24(32)16-10-12-17(26)13-11-16/h2-4,6-7,10-13H,5,8-9,14H2,1H3,(H,28,31)(H,29,32)(H,30,33)/b27-19+. The Labute approximate surface area is 200 Å². The summed E-state index contributed by atoms with van der Waals surface area (Å²) in [7, 11) is 0. The van der Waals surface area contributed by atoms with Crippen LogP contribution in [0, 0.1) is 12.7 Å². The molecule has 0 atom stereocenters. The average Bonchev–Trinajstić information content (AvgIpc) is 3.22. The minimum atomic E-state index is -0.646. The van der Waals surface area contributed by atoms with Gasteiger partial charge in [-0.2, -0.15) is 5.10 Å². The molecule has 1 heterocycles. The molecule has 1 aromatic heterocycles. The maximum atomic E-state index is 13.0. The lowest BCUT2D eigenvalue weighted by molar-refractivity contribution is -0.123. The SMILES string of the molecule is Cc1c(C(=O)NNC(=O)c2ccc(F)cc2)oc2c1/C(=N/NC(=O)COc1ccccc1)CCC2. The van der Waals surface area contributed by atoms with Gasteiger partial charge in [-0.05, 0) is 56.2 Å². The van der Waals surface area contributed by atoms with Gasteiger partial charge >= 0.3 is 5.91 Å². The smallest absolute Gasteiger partial charge is 0.305 e. The van der Waals surface area contributed by atoms with E-state index in [0.717, 1.165) is 18.6 Å². The Kier molecular flexibility index (Phi) is 7.20. The molecule has 3 N–H and O–H groups in total. The molecule has 3 amide bonds. The van der Waals surface area contributed by atoms with Crippen LogP contribution in [0.1, 0.15) is 50.6 Å². The first-order valence-electron chi connectivity index (χ1n) is 10.9. The van der Waals surface area contributed by atoms with E-state index in [9.17, 15) is 18.8 Å². The predicted octanol–water partition coefficient (Wildman–Crippen LogP) is 3.04. The highest BCUT2D eigenvalue weighted by Gasteiger charge is 2.28. The van der Waals surface area contributed by atoms with Gasteiger partial charge in [0, 0.05) is 23.1 Å². The number of aryl methyl sites for hydroxylation is 1. The van der Waals surface area contributed by atoms with Crippen molar-refractivity contribution in [2.75, 3.05) is 6.61 Å². The molecule has 4 rings (SSSR count). The van der Waals surface area contributed by atoms with Crippen LogP contribution in [0.2, 0.25) is 0 Å². The quantitative estimate of drug-likeness (QED) is 0.470. The van der Waals surface area contributed by atoms with Gasteiger partial charge in [-0.3, -0.25) is 25.2 Å². The number of hydrogen-bond acceptors (Lipinski definition) is 6. The molecule has 9 nitrogen and oxygen atoms in total. The number of hydrogen-bond donors (Lipinski definition) is 3. The van der Waals surface area contributed by atoms with Crippen molar-refractivity contribution in [1.82, 2.24) is 16.3 Å². The molecule has 0 radical (unpaired) electrons. The largest absolute Gasteiger partial charge is 0.484 e. The second-order valence-electron chi connectivity index (χ2n) is 7.82. The van der Waals surface area contributed by atoms with Crippen LogP contribution in [-0.4, -0.2) is 30.0 Å². The Morgan fingerprint density at radius 1 is 1.00 bits per heavy atom. The molecular weight excluding hydrogens is 455 g/mol. The molecule has 0 saturated heterocycles. The number of amides is 3. The summed E-state index contributed by atoms with van der Waals surface area (Å²) in [5.74, 6) is -0.957. The van der Waals surface area contributed by atoms with Gasteiger partial charge in [-0.1, -0.05) is 18.2 Å². The monoisotopic (exact) mass is 478 g/mol. The van der Waals surface area contributed by atoms with Gasteiger partial charge in [0.1, 0.15) is 17.3 Å². The lowest BCUT2D eigenvalue weighted by Gasteiger charge is -2.13. The minimum Gasteiger partial charge on any atom is -0.484 e. The van der Waals surface area contributed by atoms with E-state index in [2.05, 4.69) is 21.4 Å². The van der Waals surface area contributed by atoms with Crippen molar-refractivity contribution >= 4 is 23.4 Å². The highest BCUT2D eigenvalue weighted by atomic mass is 19.1. The molecule has 0 saturated carbocycles. The lowest BCUT2D eigenvalue weighted by Crippen LogP contribution is -2.41. The van der Waals surface area contributed by atoms with Crippen LogP contribution in [0.15, 0.2) is 64.1 Å². The highest BCUT2D eigenvalue weighted by Crippen LogP contribution is 2.29. The molecule has 180 valence electrons. The van der Waals surface area contributed by atoms with E-state index in [-0.39, 0.29) is 17.9 Å². The van der Waals surface area contributed by atoms with Gasteiger partial charge in [0.05, 0.1) is 5.71 Å². The number of nitrogens with zero attached hydrogens (tertiary/aromatic N) is 1. The summed E-state index contributed by atoms with van der Waals surface area (Å²) in [5.41, 5.74) is 9.06. The van der Waals surface area contributed by atoms with Crippen molar-refractivity contribution in [3.05, 3.63) is 88.6 Å². The average molecular weight is 478 g/mol. The third-order valence-electron chi connectivity index (χ3n) is 5.36. The number of ether oxygens (including phenoxy) is 1. The summed E-state index contributed by atoms with van der Waals surface area (Å²) in [6.07, 6.45) is 1.93. The topological polar surface area (TPSA) is 122 Å². The molecule has 35 heavy (non-hydrogen) atoms. The molecule has 1 aliphatic rings. The zero-order valence-electron chi connectivity index (χ0n) is 18.9. The van der Waals surface area contributed by atoms with Gasteiger partial charge < -0.3 is 9.15 Å². The van der Waals surface area contributed by atoms with Crippen LogP contribution in [0.25, 0.3) is 0 Å². The van der Waals surface area contributed by atoms with Crippen LogP contribution in [-0.2, 0) is 11.2 Å². The molecule has 10 heteroatoms. The summed E-state index contributed by atoms with van der Waals surface area (Å²) in [6.45, 7) is 1.51. The molecule has 3 aromatic rings. The molecular formula is C25H23FN4O5. The number of hydrazine groups is 1. The molecule has 1 aliphatic carbocycles. The van der Waals surface area contributed by atoms with E-state index in [4.69, 9.17) is 9.15 Å². The van der Waals surface area contributed by atoms with Crippen molar-refractivity contribution in [2.24, 2.45) is 5.10 Å². The Morgan fingerprint density at radius 3 is 2.46 bits per heavy atom. The van der Waals surface area contributed by atoms with E-state index in [1.807, 2.05) is 6.07 Å². The second kappa shape index (κ2) is 10.6. The second-order valence-corrected chi connectivity index (χ2v) is 7.82.